The smallest absolute Gasteiger partial charge is 0.227 e. The topological polar surface area (TPSA) is 157 Å². The molecule has 0 unspecified atom stereocenters. The molecule has 3 fully saturated rings. The minimum absolute atomic E-state index is 0.0561. The fraction of sp³-hybridized carbons (Fsp3) is 0.508. The summed E-state index contributed by atoms with van der Waals surface area (Å²) >= 11 is 1.60. The number of anilines is 2. The van der Waals surface area contributed by atoms with Crippen LogP contribution in [0.15, 0.2) is 90.6 Å². The van der Waals surface area contributed by atoms with Crippen molar-refractivity contribution in [2.24, 2.45) is 11.3 Å². The fourth-order valence-electron chi connectivity index (χ4n) is 11.5. The number of nitrogens with zero attached hydrogens (tertiary/aromatic N) is 9. The van der Waals surface area contributed by atoms with E-state index in [1.165, 1.54) is 6.07 Å². The van der Waals surface area contributed by atoms with Crippen LogP contribution in [-0.4, -0.2) is 121 Å². The summed E-state index contributed by atoms with van der Waals surface area (Å²) in [6.07, 6.45) is 11.9. The number of amides is 1. The standard InChI is InChI=1S/C61H76FN9O5S/c1-42-59(77-41-64-42)44-25-22-43(23-26-44)24-27-55(75)53-37-49(74)40-70(53)60(76)50(61(2,3)4)36-47(72)17-10-8-6-5-7-9-11-18-48(73)39-67-31-33-68(34-32-67)57-21-13-19-51(65-57)54-38-63-56-28-29-58(66-71(54)56)69-30-14-20-52(69)45-15-12-16-46(62)35-45/h12-13,15-16,19,21-23,25-26,28-29,35,38,41,49-50,52-53,74H,5-11,14,17-18,20,24,27,30-34,36-37,39-40H2,1-4H3/t49-,50-,52-,53+/m1/s1. The number of carbonyl (C=O) groups is 4. The first-order valence-corrected chi connectivity index (χ1v) is 28.9. The van der Waals surface area contributed by atoms with Crippen LogP contribution < -0.4 is 9.80 Å². The van der Waals surface area contributed by atoms with Gasteiger partial charge in [-0.15, -0.1) is 16.4 Å². The molecule has 6 aromatic rings. The predicted molar refractivity (Wildman–Crippen MR) is 301 cm³/mol. The van der Waals surface area contributed by atoms with Gasteiger partial charge in [0.1, 0.15) is 34.7 Å². The first-order chi connectivity index (χ1) is 37.2. The van der Waals surface area contributed by atoms with Crippen LogP contribution in [0.4, 0.5) is 16.0 Å². The summed E-state index contributed by atoms with van der Waals surface area (Å²) in [5.41, 5.74) is 7.75. The quantitative estimate of drug-likeness (QED) is 0.0573. The van der Waals surface area contributed by atoms with Gasteiger partial charge in [-0.1, -0.05) is 95.3 Å². The number of fused-ring (bicyclic) bond motifs is 1. The van der Waals surface area contributed by atoms with Gasteiger partial charge in [0.15, 0.2) is 11.4 Å². The highest BCUT2D eigenvalue weighted by molar-refractivity contribution is 7.13. The summed E-state index contributed by atoms with van der Waals surface area (Å²) in [5.74, 6) is 0.965. The van der Waals surface area contributed by atoms with Gasteiger partial charge in [-0.2, -0.15) is 0 Å². The Balaban J connectivity index is 0.647. The van der Waals surface area contributed by atoms with Gasteiger partial charge in [-0.3, -0.25) is 24.1 Å². The van der Waals surface area contributed by atoms with Crippen molar-refractivity contribution in [3.8, 4) is 21.8 Å². The van der Waals surface area contributed by atoms with Crippen molar-refractivity contribution in [2.45, 2.75) is 142 Å². The molecule has 14 nitrogen and oxygen atoms in total. The molecule has 3 aliphatic rings. The maximum atomic E-state index is 14.2. The number of thiazole rings is 1. The van der Waals surface area contributed by atoms with E-state index in [0.29, 0.717) is 25.8 Å². The molecule has 77 heavy (non-hydrogen) atoms. The first-order valence-electron chi connectivity index (χ1n) is 28.0. The molecule has 408 valence electrons. The molecule has 4 aromatic heterocycles. The number of aromatic nitrogens is 5. The SMILES string of the molecule is Cc1ncsc1-c1ccc(CCC(=O)[C@@H]2C[C@@H](O)CN2C(=O)[C@@H](CC(=O)CCCCCCCCCC(=O)CN2CCN(c3cccc(-c4cnc5ccc(N6CCC[C@@H]6c6cccc(F)c6)nn45)n3)CC2)C(C)(C)C)cc1. The van der Waals surface area contributed by atoms with E-state index < -0.39 is 23.5 Å². The normalized spacial score (nSPS) is 18.6. The number of aliphatic hydroxyl groups excluding tert-OH is 1. The van der Waals surface area contributed by atoms with E-state index in [-0.39, 0.29) is 60.9 Å². The Bertz CT molecular complexity index is 2980. The number of hydrogen-bond donors (Lipinski definition) is 1. The number of ketones is 3. The number of Topliss-reactive ketones (excluding diaryl/α,β-unsaturated/α-hetero) is 3. The molecule has 0 aliphatic carbocycles. The molecule has 1 amide bonds. The predicted octanol–water partition coefficient (Wildman–Crippen LogP) is 10.7. The number of hydrogen-bond acceptors (Lipinski definition) is 13. The zero-order chi connectivity index (χ0) is 54.1. The van der Waals surface area contributed by atoms with Gasteiger partial charge < -0.3 is 19.8 Å². The molecule has 3 aliphatic heterocycles. The Morgan fingerprint density at radius 3 is 2.25 bits per heavy atom. The third kappa shape index (κ3) is 14.1. The maximum absolute atomic E-state index is 14.2. The number of benzene rings is 2. The minimum atomic E-state index is -0.771. The molecule has 0 spiro atoms. The van der Waals surface area contributed by atoms with Gasteiger partial charge in [0.05, 0.1) is 52.7 Å². The van der Waals surface area contributed by atoms with Gasteiger partial charge in [0.2, 0.25) is 5.91 Å². The second-order valence-corrected chi connectivity index (χ2v) is 23.5. The van der Waals surface area contributed by atoms with Gasteiger partial charge in [0.25, 0.3) is 0 Å². The molecule has 4 atom stereocenters. The second kappa shape index (κ2) is 25.5. The van der Waals surface area contributed by atoms with E-state index >= 15 is 0 Å². The number of halogens is 1. The van der Waals surface area contributed by atoms with Gasteiger partial charge in [0, 0.05) is 77.3 Å². The number of unbranched alkanes of at least 4 members (excludes halogenated alkanes) is 6. The number of rotatable bonds is 24. The molecule has 9 rings (SSSR count). The number of β-amino-alcohol motifs (C(OH)–C–C–N with tert-alkyl or cyclic N) is 1. The largest absolute Gasteiger partial charge is 0.391 e. The molecule has 0 bridgehead atoms. The molecule has 7 heterocycles. The monoisotopic (exact) mass is 1070 g/mol. The van der Waals surface area contributed by atoms with E-state index in [2.05, 4.69) is 36.8 Å². The lowest BCUT2D eigenvalue weighted by molar-refractivity contribution is -0.145. The highest BCUT2D eigenvalue weighted by atomic mass is 32.1. The number of pyridine rings is 1. The lowest BCUT2D eigenvalue weighted by atomic mass is 9.76. The molecule has 1 N–H and O–H groups in total. The van der Waals surface area contributed by atoms with Crippen molar-refractivity contribution in [2.75, 3.05) is 55.6 Å². The number of carbonyl (C=O) groups excluding carboxylic acids is 4. The molecule has 0 radical (unpaired) electrons. The van der Waals surface area contributed by atoms with Crippen molar-refractivity contribution >= 4 is 51.9 Å². The van der Waals surface area contributed by atoms with Gasteiger partial charge in [-0.25, -0.2) is 23.9 Å². The Morgan fingerprint density at radius 2 is 1.53 bits per heavy atom. The second-order valence-electron chi connectivity index (χ2n) is 22.7. The van der Waals surface area contributed by atoms with Gasteiger partial charge in [-0.05, 0) is 97.5 Å². The molecule has 0 saturated carbocycles. The molecule has 2 aromatic carbocycles. The van der Waals surface area contributed by atoms with Crippen LogP contribution in [-0.2, 0) is 25.6 Å². The number of aryl methyl sites for hydroxylation is 2. The van der Waals surface area contributed by atoms with Crippen molar-refractivity contribution in [1.29, 1.82) is 0 Å². The summed E-state index contributed by atoms with van der Waals surface area (Å²) in [5, 5.41) is 15.7. The van der Waals surface area contributed by atoms with Crippen LogP contribution in [0.25, 0.3) is 27.5 Å². The number of aliphatic hydroxyl groups is 1. The third-order valence-electron chi connectivity index (χ3n) is 16.0. The maximum Gasteiger partial charge on any atom is 0.227 e. The van der Waals surface area contributed by atoms with Crippen molar-refractivity contribution in [1.82, 2.24) is 34.4 Å². The highest BCUT2D eigenvalue weighted by Crippen LogP contribution is 2.37. The minimum Gasteiger partial charge on any atom is -0.391 e. The lowest BCUT2D eigenvalue weighted by Gasteiger charge is -2.35. The number of piperazine rings is 1. The van der Waals surface area contributed by atoms with Crippen LogP contribution in [0.2, 0.25) is 0 Å². The Labute approximate surface area is 457 Å². The van der Waals surface area contributed by atoms with Crippen LogP contribution >= 0.6 is 11.3 Å². The van der Waals surface area contributed by atoms with E-state index in [1.807, 2.05) is 92.4 Å². The average molecular weight is 1070 g/mol. The van der Waals surface area contributed by atoms with Crippen molar-refractivity contribution in [3.05, 3.63) is 113 Å². The zero-order valence-corrected chi connectivity index (χ0v) is 46.2. The lowest BCUT2D eigenvalue weighted by Crippen LogP contribution is -2.48. The van der Waals surface area contributed by atoms with Crippen molar-refractivity contribution < 1.29 is 28.7 Å². The zero-order valence-electron chi connectivity index (χ0n) is 45.4. The van der Waals surface area contributed by atoms with E-state index in [0.717, 1.165) is 146 Å². The van der Waals surface area contributed by atoms with Gasteiger partial charge >= 0.3 is 0 Å². The molecular formula is C61H76FN9O5S. The fourth-order valence-corrected chi connectivity index (χ4v) is 12.3. The first kappa shape index (κ1) is 55.5. The summed E-state index contributed by atoms with van der Waals surface area (Å²) < 4.78 is 16.0. The third-order valence-corrected chi connectivity index (χ3v) is 16.9. The van der Waals surface area contributed by atoms with E-state index in [9.17, 15) is 28.7 Å². The number of likely N-dealkylation sites (tertiary alicyclic amines) is 1. The molecule has 3 saturated heterocycles. The van der Waals surface area contributed by atoms with E-state index in [4.69, 9.17) is 10.1 Å². The summed E-state index contributed by atoms with van der Waals surface area (Å²) in [7, 11) is 0. The average Bonchev–Trinajstić information content (AvgIpc) is 4.27. The van der Waals surface area contributed by atoms with Crippen LogP contribution in [0.3, 0.4) is 0 Å². The Morgan fingerprint density at radius 1 is 0.805 bits per heavy atom. The molecule has 16 heteroatoms. The van der Waals surface area contributed by atoms with Crippen molar-refractivity contribution in [3.63, 3.8) is 0 Å². The van der Waals surface area contributed by atoms with Crippen LogP contribution in [0.5, 0.6) is 0 Å². The number of imidazole rings is 1. The van der Waals surface area contributed by atoms with Crippen LogP contribution in [0, 0.1) is 24.1 Å². The molecular weight excluding hydrogens is 990 g/mol. The van der Waals surface area contributed by atoms with Crippen LogP contribution in [0.1, 0.15) is 134 Å². The Hall–Kier alpha value is -6.23. The highest BCUT2D eigenvalue weighted by Gasteiger charge is 2.44. The summed E-state index contributed by atoms with van der Waals surface area (Å²) in [6, 6.07) is 24.4. The van der Waals surface area contributed by atoms with E-state index in [1.54, 1.807) is 28.4 Å². The summed E-state index contributed by atoms with van der Waals surface area (Å²) in [6.45, 7) is 12.4. The Kier molecular flexibility index (Phi) is 18.4. The summed E-state index contributed by atoms with van der Waals surface area (Å²) in [4.78, 5) is 77.7.